The van der Waals surface area contributed by atoms with E-state index in [0.29, 0.717) is 0 Å². The van der Waals surface area contributed by atoms with Gasteiger partial charge in [0.1, 0.15) is 0 Å². The molecule has 0 spiro atoms. The van der Waals surface area contributed by atoms with Crippen LogP contribution in [0.3, 0.4) is 0 Å². The zero-order chi connectivity index (χ0) is 14.1. The molecule has 0 bridgehead atoms. The van der Waals surface area contributed by atoms with Crippen LogP contribution in [0.5, 0.6) is 0 Å². The molecular weight excluding hydrogens is 408 g/mol. The van der Waals surface area contributed by atoms with Gasteiger partial charge in [-0.05, 0) is 0 Å². The third kappa shape index (κ3) is 12.9. The third-order valence-electron chi connectivity index (χ3n) is 1.11. The van der Waals surface area contributed by atoms with E-state index in [1.807, 2.05) is 18.1 Å². The SMILES string of the molecule is Cc1cs[c](=[Os])n1C.[C]=O.[C]=O.[C]=O.[C]=O. The Balaban J connectivity index is -0.0000000771. The summed E-state index contributed by atoms with van der Waals surface area (Å²) in [7, 11) is 2.09. The van der Waals surface area contributed by atoms with Gasteiger partial charge in [-0.25, -0.2) is 0 Å². The Morgan fingerprint density at radius 3 is 1.44 bits per heavy atom. The van der Waals surface area contributed by atoms with Gasteiger partial charge >= 0.3 is 62.3 Å². The molecule has 0 atom stereocenters. The fourth-order valence-electron chi connectivity index (χ4n) is 0.425. The molecule has 0 aliphatic heterocycles. The Labute approximate surface area is 109 Å². The van der Waals surface area contributed by atoms with Crippen molar-refractivity contribution in [2.45, 2.75) is 6.92 Å². The van der Waals surface area contributed by atoms with Crippen molar-refractivity contribution in [1.82, 2.24) is 4.57 Å². The van der Waals surface area contributed by atoms with Gasteiger partial charge in [-0.15, -0.1) is 0 Å². The van der Waals surface area contributed by atoms with Gasteiger partial charge < -0.3 is 0 Å². The molecule has 1 aromatic rings. The van der Waals surface area contributed by atoms with E-state index in [1.165, 1.54) is 8.85 Å². The van der Waals surface area contributed by atoms with Crippen molar-refractivity contribution in [3.05, 3.63) is 14.2 Å². The summed E-state index contributed by atoms with van der Waals surface area (Å²) >= 11 is 3.74. The van der Waals surface area contributed by atoms with Crippen LogP contribution in [0.1, 0.15) is 5.69 Å². The van der Waals surface area contributed by atoms with Gasteiger partial charge in [0.2, 0.25) is 0 Å². The molecule has 0 amide bonds. The summed E-state index contributed by atoms with van der Waals surface area (Å²) in [5.74, 6) is 0. The van der Waals surface area contributed by atoms with E-state index in [9.17, 15) is 0 Å². The van der Waals surface area contributed by atoms with Crippen LogP contribution in [0.4, 0.5) is 0 Å². The second-order valence-corrected chi connectivity index (χ2v) is 4.60. The standard InChI is InChI=1S/C5H7NS.4CO.Os/c1-5-3-7-4-6(5)2;4*1-2;/h3H,1-2H3;;;;;. The second kappa shape index (κ2) is 23.6. The first-order chi connectivity index (χ1) is 7.72. The summed E-state index contributed by atoms with van der Waals surface area (Å²) in [6, 6.07) is 0. The summed E-state index contributed by atoms with van der Waals surface area (Å²) in [5, 5.41) is 2.17. The number of aryl methyl sites for hydroxylation is 1. The molecular formula is C9H7NO4OsS. The Hall–Kier alpha value is -1.05. The monoisotopic (exact) mass is 417 g/mol. The minimum Gasteiger partial charge on any atom is -0.281 e. The van der Waals surface area contributed by atoms with Crippen LogP contribution in [0.15, 0.2) is 5.38 Å². The maximum absolute atomic E-state index is 7.50. The van der Waals surface area contributed by atoms with Gasteiger partial charge in [-0.1, -0.05) is 0 Å². The first-order valence-electron chi connectivity index (χ1n) is 3.12. The van der Waals surface area contributed by atoms with E-state index in [-0.39, 0.29) is 0 Å². The van der Waals surface area contributed by atoms with Crippen LogP contribution in [0.25, 0.3) is 0 Å². The van der Waals surface area contributed by atoms with Crippen LogP contribution in [-0.4, -0.2) is 31.7 Å². The third-order valence-corrected chi connectivity index (χ3v) is 3.78. The summed E-state index contributed by atoms with van der Waals surface area (Å²) in [6.07, 6.45) is 0. The number of nitrogens with zero attached hydrogens (tertiary/aromatic N) is 1. The molecule has 0 N–H and O–H groups in total. The normalized spacial score (nSPS) is 5.94. The van der Waals surface area contributed by atoms with Crippen molar-refractivity contribution < 1.29 is 37.3 Å². The first kappa shape index (κ1) is 24.3. The molecule has 1 aromatic heterocycles. The van der Waals surface area contributed by atoms with Crippen molar-refractivity contribution in [3.63, 3.8) is 0 Å². The maximum atomic E-state index is 7.50. The number of rotatable bonds is 0. The largest absolute Gasteiger partial charge is 0.281 e. The van der Waals surface area contributed by atoms with Crippen molar-refractivity contribution >= 4 is 38.5 Å². The quantitative estimate of drug-likeness (QED) is 0.593. The molecule has 0 aromatic carbocycles. The predicted octanol–water partition coefficient (Wildman–Crippen LogP) is -0.115. The number of thiazole rings is 1. The number of hydrogen-bond donors (Lipinski definition) is 0. The van der Waals surface area contributed by atoms with Crippen molar-refractivity contribution in [3.8, 4) is 0 Å². The molecule has 8 radical (unpaired) electrons. The smallest absolute Gasteiger partial charge is 0.281 e. The Morgan fingerprint density at radius 2 is 1.38 bits per heavy atom. The van der Waals surface area contributed by atoms with Gasteiger partial charge in [0.15, 0.2) is 0 Å². The van der Waals surface area contributed by atoms with Gasteiger partial charge in [0.25, 0.3) is 27.2 Å². The van der Waals surface area contributed by atoms with Crippen molar-refractivity contribution in [2.75, 3.05) is 0 Å². The molecule has 0 fully saturated rings. The summed E-state index contributed by atoms with van der Waals surface area (Å²) < 4.78 is 3.59. The molecule has 1 rings (SSSR count). The summed E-state index contributed by atoms with van der Waals surface area (Å²) in [6.45, 7) is 20.1. The van der Waals surface area contributed by atoms with E-state index in [4.69, 9.17) is 19.2 Å². The van der Waals surface area contributed by atoms with E-state index >= 15 is 0 Å². The Bertz CT molecular complexity index is 292. The number of aromatic nitrogens is 1. The topological polar surface area (TPSA) is 73.2 Å². The Morgan fingerprint density at radius 1 is 1.06 bits per heavy atom. The van der Waals surface area contributed by atoms with Crippen LogP contribution >= 0.6 is 11.3 Å². The molecule has 16 heavy (non-hydrogen) atoms. The average molecular weight is 415 g/mol. The average Bonchev–Trinajstić information content (AvgIpc) is 2.70. The van der Waals surface area contributed by atoms with Crippen molar-refractivity contribution in [2.24, 2.45) is 7.05 Å². The fourth-order valence-corrected chi connectivity index (χ4v) is 2.05. The molecule has 0 saturated carbocycles. The summed E-state index contributed by atoms with van der Waals surface area (Å²) in [4.78, 5) is 30.0. The zero-order valence-electron chi connectivity index (χ0n) is 8.42. The zero-order valence-corrected chi connectivity index (χ0v) is 11.8. The molecule has 0 aliphatic rings. The van der Waals surface area contributed by atoms with E-state index in [0.717, 1.165) is 0 Å². The number of carbonyl (C=O) groups excluding carboxylic acids is 4. The molecule has 0 aliphatic carbocycles. The second-order valence-electron chi connectivity index (χ2n) is 1.68. The predicted molar refractivity (Wildman–Crippen MR) is 54.0 cm³/mol. The molecule has 1 heterocycles. The van der Waals surface area contributed by atoms with E-state index < -0.39 is 0 Å². The van der Waals surface area contributed by atoms with Gasteiger partial charge in [-0.2, -0.15) is 0 Å². The minimum absolute atomic E-state index is 1.35. The first-order valence-corrected chi connectivity index (χ1v) is 5.27. The minimum atomic E-state index is 1.35. The van der Waals surface area contributed by atoms with Crippen LogP contribution < -0.4 is 0 Å². The van der Waals surface area contributed by atoms with E-state index in [1.54, 1.807) is 11.3 Å². The summed E-state index contributed by atoms with van der Waals surface area (Å²) in [5.41, 5.74) is 1.35. The van der Waals surface area contributed by atoms with Gasteiger partial charge in [0.05, 0.1) is 0 Å². The Kier molecular flexibility index (Phi) is 35.8. The maximum Gasteiger partial charge on any atom is 0.281 e. The van der Waals surface area contributed by atoms with E-state index in [2.05, 4.69) is 51.1 Å². The van der Waals surface area contributed by atoms with Gasteiger partial charge in [0, 0.05) is 0 Å². The van der Waals surface area contributed by atoms with Crippen molar-refractivity contribution in [1.29, 1.82) is 0 Å². The van der Waals surface area contributed by atoms with Crippen LogP contribution in [0.2, 0.25) is 0 Å². The molecule has 0 unspecified atom stereocenters. The molecule has 0 saturated heterocycles. The van der Waals surface area contributed by atoms with Crippen LogP contribution in [-0.2, 0) is 44.4 Å². The fraction of sp³-hybridized carbons (Fsp3) is 0.222. The molecule has 86 valence electrons. The van der Waals surface area contributed by atoms with Gasteiger partial charge in [-0.3, -0.25) is 19.2 Å². The number of hydrogen-bond acceptors (Lipinski definition) is 5. The molecule has 7 heteroatoms. The van der Waals surface area contributed by atoms with Crippen LogP contribution in [0, 0.1) is 10.1 Å². The molecule has 5 nitrogen and oxygen atoms in total.